The zero-order valence-corrected chi connectivity index (χ0v) is 9.91. The van der Waals surface area contributed by atoms with Gasteiger partial charge < -0.3 is 10.4 Å². The van der Waals surface area contributed by atoms with E-state index in [0.29, 0.717) is 18.3 Å². The molecule has 2 N–H and O–H groups in total. The first-order chi connectivity index (χ1) is 6.88. The zero-order chi connectivity index (χ0) is 12.0. The molecular weight excluding hydrogens is 194 g/mol. The highest BCUT2D eigenvalue weighted by atomic mass is 16.4. The van der Waals surface area contributed by atoms with Crippen LogP contribution in [0.1, 0.15) is 40.5 Å². The van der Waals surface area contributed by atoms with Crippen molar-refractivity contribution in [2.45, 2.75) is 46.6 Å². The van der Waals surface area contributed by atoms with Crippen molar-refractivity contribution in [2.24, 2.45) is 11.8 Å². The summed E-state index contributed by atoms with van der Waals surface area (Å²) in [6.07, 6.45) is 1.35. The number of rotatable bonds is 6. The molecule has 88 valence electrons. The molecule has 0 fully saturated rings. The number of hydrogen-bond donors (Lipinski definition) is 2. The molecule has 0 aliphatic heterocycles. The van der Waals surface area contributed by atoms with Crippen molar-refractivity contribution >= 4 is 11.9 Å². The summed E-state index contributed by atoms with van der Waals surface area (Å²) in [5, 5.41) is 11.1. The minimum Gasteiger partial charge on any atom is -0.480 e. The fourth-order valence-corrected chi connectivity index (χ4v) is 1.45. The van der Waals surface area contributed by atoms with Gasteiger partial charge in [-0.25, -0.2) is 0 Å². The van der Waals surface area contributed by atoms with E-state index in [4.69, 9.17) is 5.11 Å². The second-order valence-corrected chi connectivity index (χ2v) is 4.24. The predicted octanol–water partition coefficient (Wildman–Crippen LogP) is 1.65. The van der Waals surface area contributed by atoms with E-state index in [1.54, 1.807) is 0 Å². The lowest BCUT2D eigenvalue weighted by molar-refractivity contribution is -0.141. The second kappa shape index (κ2) is 6.43. The number of amides is 1. The summed E-state index contributed by atoms with van der Waals surface area (Å²) in [7, 11) is 0. The molecule has 4 heteroatoms. The summed E-state index contributed by atoms with van der Waals surface area (Å²) in [5.41, 5.74) is 0. The number of carbonyl (C=O) groups excluding carboxylic acids is 1. The van der Waals surface area contributed by atoms with Gasteiger partial charge in [-0.1, -0.05) is 27.2 Å². The van der Waals surface area contributed by atoms with Crippen LogP contribution in [0.2, 0.25) is 0 Å². The smallest absolute Gasteiger partial charge is 0.325 e. The topological polar surface area (TPSA) is 66.4 Å². The van der Waals surface area contributed by atoms with E-state index in [1.165, 1.54) is 6.92 Å². The fraction of sp³-hybridized carbons (Fsp3) is 0.818. The average molecular weight is 215 g/mol. The molecule has 2 atom stereocenters. The van der Waals surface area contributed by atoms with E-state index >= 15 is 0 Å². The minimum absolute atomic E-state index is 0.176. The highest BCUT2D eigenvalue weighted by Crippen LogP contribution is 2.18. The van der Waals surface area contributed by atoms with Gasteiger partial charge >= 0.3 is 5.97 Å². The largest absolute Gasteiger partial charge is 0.480 e. The van der Waals surface area contributed by atoms with Crippen molar-refractivity contribution in [3.05, 3.63) is 0 Å². The third-order valence-corrected chi connectivity index (χ3v) is 2.66. The Labute approximate surface area is 91.1 Å². The van der Waals surface area contributed by atoms with Crippen molar-refractivity contribution < 1.29 is 14.7 Å². The summed E-state index contributed by atoms with van der Waals surface area (Å²) in [5.74, 6) is -0.404. The lowest BCUT2D eigenvalue weighted by Crippen LogP contribution is -2.39. The van der Waals surface area contributed by atoms with Crippen LogP contribution >= 0.6 is 0 Å². The lowest BCUT2D eigenvalue weighted by atomic mass is 9.90. The van der Waals surface area contributed by atoms with Gasteiger partial charge in [0, 0.05) is 6.42 Å². The standard InChI is InChI=1S/C11H21NO3/c1-5-9(7(2)3)6-10(13)12-8(4)11(14)15/h7-9H,5-6H2,1-4H3,(H,12,13)(H,14,15)/t8-,9?/m1/s1. The normalized spacial score (nSPS) is 14.7. The maximum absolute atomic E-state index is 11.5. The van der Waals surface area contributed by atoms with Crippen LogP contribution in [0, 0.1) is 11.8 Å². The summed E-state index contributed by atoms with van der Waals surface area (Å²) in [6.45, 7) is 7.65. The average Bonchev–Trinajstić information content (AvgIpc) is 2.13. The molecular formula is C11H21NO3. The Morgan fingerprint density at radius 1 is 1.27 bits per heavy atom. The number of aliphatic carboxylic acids is 1. The van der Waals surface area contributed by atoms with Crippen molar-refractivity contribution in [1.82, 2.24) is 5.32 Å². The van der Waals surface area contributed by atoms with E-state index in [9.17, 15) is 9.59 Å². The molecule has 0 aromatic rings. The van der Waals surface area contributed by atoms with Crippen LogP contribution in [-0.2, 0) is 9.59 Å². The van der Waals surface area contributed by atoms with Crippen LogP contribution in [0.5, 0.6) is 0 Å². The van der Waals surface area contributed by atoms with Crippen molar-refractivity contribution in [3.63, 3.8) is 0 Å². The molecule has 1 unspecified atom stereocenters. The van der Waals surface area contributed by atoms with E-state index in [1.807, 2.05) is 6.92 Å². The highest BCUT2D eigenvalue weighted by Gasteiger charge is 2.19. The number of carboxylic acid groups (broad SMARTS) is 1. The fourth-order valence-electron chi connectivity index (χ4n) is 1.45. The molecule has 0 aromatic carbocycles. The van der Waals surface area contributed by atoms with Crippen LogP contribution in [0.15, 0.2) is 0 Å². The Morgan fingerprint density at radius 3 is 2.13 bits per heavy atom. The second-order valence-electron chi connectivity index (χ2n) is 4.24. The zero-order valence-electron chi connectivity index (χ0n) is 9.91. The molecule has 1 amide bonds. The maximum Gasteiger partial charge on any atom is 0.325 e. The first-order valence-corrected chi connectivity index (χ1v) is 5.40. The van der Waals surface area contributed by atoms with E-state index in [-0.39, 0.29) is 5.91 Å². The van der Waals surface area contributed by atoms with Gasteiger partial charge in [-0.05, 0) is 18.8 Å². The van der Waals surface area contributed by atoms with Crippen LogP contribution in [0.4, 0.5) is 0 Å². The predicted molar refractivity (Wildman–Crippen MR) is 58.5 cm³/mol. The molecule has 0 spiro atoms. The summed E-state index contributed by atoms with van der Waals surface area (Å²) >= 11 is 0. The molecule has 0 saturated heterocycles. The molecule has 0 saturated carbocycles. The van der Waals surface area contributed by atoms with Crippen LogP contribution < -0.4 is 5.32 Å². The van der Waals surface area contributed by atoms with Gasteiger partial charge in [-0.2, -0.15) is 0 Å². The molecule has 0 bridgehead atoms. The third kappa shape index (κ3) is 5.40. The third-order valence-electron chi connectivity index (χ3n) is 2.66. The van der Waals surface area contributed by atoms with Gasteiger partial charge in [0.2, 0.25) is 5.91 Å². The summed E-state index contributed by atoms with van der Waals surface area (Å²) < 4.78 is 0. The molecule has 0 radical (unpaired) electrons. The minimum atomic E-state index is -0.999. The van der Waals surface area contributed by atoms with Gasteiger partial charge in [-0.3, -0.25) is 9.59 Å². The maximum atomic E-state index is 11.5. The van der Waals surface area contributed by atoms with Gasteiger partial charge in [-0.15, -0.1) is 0 Å². The van der Waals surface area contributed by atoms with E-state index in [0.717, 1.165) is 6.42 Å². The van der Waals surface area contributed by atoms with E-state index in [2.05, 4.69) is 19.2 Å². The Bertz CT molecular complexity index is 226. The van der Waals surface area contributed by atoms with Gasteiger partial charge in [0.1, 0.15) is 6.04 Å². The Kier molecular flexibility index (Phi) is 5.97. The number of nitrogens with one attached hydrogen (secondary N) is 1. The number of hydrogen-bond acceptors (Lipinski definition) is 2. The highest BCUT2D eigenvalue weighted by molar-refractivity contribution is 5.83. The molecule has 4 nitrogen and oxygen atoms in total. The van der Waals surface area contributed by atoms with Crippen LogP contribution in [0.3, 0.4) is 0 Å². The molecule has 0 aliphatic rings. The SMILES string of the molecule is CCC(CC(=O)N[C@H](C)C(=O)O)C(C)C. The van der Waals surface area contributed by atoms with Crippen LogP contribution in [0.25, 0.3) is 0 Å². The monoisotopic (exact) mass is 215 g/mol. The van der Waals surface area contributed by atoms with Gasteiger partial charge in [0.05, 0.1) is 0 Å². The number of carbonyl (C=O) groups is 2. The van der Waals surface area contributed by atoms with Crippen LogP contribution in [-0.4, -0.2) is 23.0 Å². The summed E-state index contributed by atoms with van der Waals surface area (Å²) in [4.78, 5) is 22.0. The van der Waals surface area contributed by atoms with Crippen molar-refractivity contribution in [1.29, 1.82) is 0 Å². The van der Waals surface area contributed by atoms with Gasteiger partial charge in [0.15, 0.2) is 0 Å². The Balaban J connectivity index is 4.07. The first kappa shape index (κ1) is 13.9. The van der Waals surface area contributed by atoms with E-state index < -0.39 is 12.0 Å². The molecule has 0 aliphatic carbocycles. The Morgan fingerprint density at radius 2 is 1.80 bits per heavy atom. The summed E-state index contributed by atoms with van der Waals surface area (Å²) in [6, 6.07) is -0.804. The number of carboxylic acids is 1. The molecule has 0 aromatic heterocycles. The first-order valence-electron chi connectivity index (χ1n) is 5.40. The quantitative estimate of drug-likeness (QED) is 0.708. The Hall–Kier alpha value is -1.06. The van der Waals surface area contributed by atoms with Crippen molar-refractivity contribution in [2.75, 3.05) is 0 Å². The molecule has 15 heavy (non-hydrogen) atoms. The molecule has 0 heterocycles. The van der Waals surface area contributed by atoms with Gasteiger partial charge in [0.25, 0.3) is 0 Å². The molecule has 0 rings (SSSR count). The van der Waals surface area contributed by atoms with Crippen molar-refractivity contribution in [3.8, 4) is 0 Å². The lowest BCUT2D eigenvalue weighted by Gasteiger charge is -2.19.